The first-order valence-electron chi connectivity index (χ1n) is 15.9. The maximum absolute atomic E-state index is 13.7. The first-order valence-corrected chi connectivity index (χ1v) is 15.9. The summed E-state index contributed by atoms with van der Waals surface area (Å²) in [7, 11) is 4.45. The highest BCUT2D eigenvalue weighted by atomic mass is 19.4. The summed E-state index contributed by atoms with van der Waals surface area (Å²) in [6.45, 7) is 9.26. The fourth-order valence-electron chi connectivity index (χ4n) is 6.21. The molecule has 0 spiro atoms. The molecule has 1 fully saturated rings. The van der Waals surface area contributed by atoms with E-state index < -0.39 is 35.4 Å². The summed E-state index contributed by atoms with van der Waals surface area (Å²) in [6, 6.07) is 9.17. The number of likely N-dealkylation sites (N-methyl/N-ethyl adjacent to an activating group) is 1. The standard InChI is InChI=1S/C35H42F3N7O5/c1-21-28(30(46)49-7)29(45(31(40)47)32(41-5)44(21)26-10-8-9-25(16-26)35(36,37)38)27-12-11-22(17-39)15-24(27)13-14-42(6)18-23-19-43(20-23)33(48)50-34(2,3)4/h8-12,15-16,23,29H,13-14,18-20H2,1-7H3,(H2,40,47)/b41-32-/t29-/m1/s1. The van der Waals surface area contributed by atoms with Gasteiger partial charge in [0.05, 0.1) is 29.9 Å². The van der Waals surface area contributed by atoms with Gasteiger partial charge in [-0.3, -0.25) is 14.8 Å². The van der Waals surface area contributed by atoms with Crippen molar-refractivity contribution in [3.05, 3.63) is 76.0 Å². The molecule has 0 bridgehead atoms. The van der Waals surface area contributed by atoms with Crippen molar-refractivity contribution in [2.45, 2.75) is 51.9 Å². The van der Waals surface area contributed by atoms with Gasteiger partial charge in [0, 0.05) is 50.5 Å². The lowest BCUT2D eigenvalue weighted by atomic mass is 9.87. The number of benzene rings is 2. The second-order valence-corrected chi connectivity index (χ2v) is 13.3. The van der Waals surface area contributed by atoms with E-state index in [1.54, 1.807) is 23.1 Å². The maximum Gasteiger partial charge on any atom is 0.416 e. The van der Waals surface area contributed by atoms with Crippen molar-refractivity contribution < 1.29 is 37.0 Å². The molecule has 4 rings (SSSR count). The molecule has 0 aliphatic carbocycles. The number of halogens is 3. The smallest absolute Gasteiger partial charge is 0.416 e. The molecule has 1 atom stereocenters. The van der Waals surface area contributed by atoms with Crippen LogP contribution in [0.1, 0.15) is 56.0 Å². The van der Waals surface area contributed by atoms with Crippen molar-refractivity contribution in [2.24, 2.45) is 16.6 Å². The van der Waals surface area contributed by atoms with Crippen LogP contribution >= 0.6 is 0 Å². The van der Waals surface area contributed by atoms with E-state index in [-0.39, 0.29) is 34.9 Å². The Morgan fingerprint density at radius 3 is 2.36 bits per heavy atom. The number of nitrogens with two attached hydrogens (primary N) is 1. The van der Waals surface area contributed by atoms with E-state index in [9.17, 15) is 32.8 Å². The lowest BCUT2D eigenvalue weighted by molar-refractivity contribution is -0.138. The summed E-state index contributed by atoms with van der Waals surface area (Å²) in [5, 5.41) is 9.74. The predicted molar refractivity (Wildman–Crippen MR) is 180 cm³/mol. The van der Waals surface area contributed by atoms with Crippen LogP contribution in [0.4, 0.5) is 28.4 Å². The van der Waals surface area contributed by atoms with Gasteiger partial charge in [-0.1, -0.05) is 12.1 Å². The number of nitriles is 1. The molecule has 0 aromatic heterocycles. The Morgan fingerprint density at radius 2 is 1.80 bits per heavy atom. The van der Waals surface area contributed by atoms with Gasteiger partial charge in [0.15, 0.2) is 0 Å². The Balaban J connectivity index is 1.71. The number of methoxy groups -OCH3 is 1. The summed E-state index contributed by atoms with van der Waals surface area (Å²) in [5.74, 6) is -0.723. The topological polar surface area (TPSA) is 145 Å². The number of likely N-dealkylation sites (tertiary alicyclic amines) is 1. The van der Waals surface area contributed by atoms with Crippen molar-refractivity contribution in [1.29, 1.82) is 5.26 Å². The number of esters is 1. The number of ether oxygens (including phenoxy) is 2. The zero-order valence-corrected chi connectivity index (χ0v) is 29.2. The van der Waals surface area contributed by atoms with Crippen molar-refractivity contribution in [1.82, 2.24) is 14.7 Å². The van der Waals surface area contributed by atoms with Gasteiger partial charge in [-0.25, -0.2) is 14.4 Å². The average Bonchev–Trinajstić information content (AvgIpc) is 3.02. The molecule has 0 saturated carbocycles. The predicted octanol–water partition coefficient (Wildman–Crippen LogP) is 5.29. The largest absolute Gasteiger partial charge is 0.466 e. The SMILES string of the molecule is C/N=C1/N(c2cccc(C(F)(F)F)c2)C(C)=C(C(=O)OC)[C@@H](c2ccc(C#N)cc2CCN(C)CC2CN(C(=O)OC(C)(C)C)C2)N1C(N)=O. The molecular formula is C35H42F3N7O5. The minimum absolute atomic E-state index is 0.00747. The van der Waals surface area contributed by atoms with Crippen molar-refractivity contribution in [3.63, 3.8) is 0 Å². The number of amides is 3. The molecule has 50 heavy (non-hydrogen) atoms. The van der Waals surface area contributed by atoms with Gasteiger partial charge in [0.1, 0.15) is 11.6 Å². The summed E-state index contributed by atoms with van der Waals surface area (Å²) in [5.41, 5.74) is 5.97. The fourth-order valence-corrected chi connectivity index (χ4v) is 6.21. The third kappa shape index (κ3) is 8.19. The summed E-state index contributed by atoms with van der Waals surface area (Å²) < 4.78 is 51.8. The number of alkyl halides is 3. The third-order valence-electron chi connectivity index (χ3n) is 8.45. The molecule has 2 aromatic rings. The van der Waals surface area contributed by atoms with Gasteiger partial charge < -0.3 is 25.0 Å². The minimum atomic E-state index is -4.66. The highest BCUT2D eigenvalue weighted by Crippen LogP contribution is 2.42. The lowest BCUT2D eigenvalue weighted by Gasteiger charge is -2.44. The second kappa shape index (κ2) is 14.8. The summed E-state index contributed by atoms with van der Waals surface area (Å²) >= 11 is 0. The first kappa shape index (κ1) is 37.7. The van der Waals surface area contributed by atoms with Crippen LogP contribution in [0.3, 0.4) is 0 Å². The molecular weight excluding hydrogens is 655 g/mol. The van der Waals surface area contributed by atoms with E-state index in [2.05, 4.69) is 16.0 Å². The van der Waals surface area contributed by atoms with Crippen LogP contribution in [0, 0.1) is 17.2 Å². The number of hydrogen-bond donors (Lipinski definition) is 1. The number of primary amides is 1. The number of carbonyl (C=O) groups excluding carboxylic acids is 3. The van der Waals surface area contributed by atoms with Crippen LogP contribution in [0.25, 0.3) is 0 Å². The van der Waals surface area contributed by atoms with E-state index >= 15 is 0 Å². The maximum atomic E-state index is 13.7. The number of aliphatic imine (C=N–C) groups is 1. The normalized spacial score (nSPS) is 17.9. The van der Waals surface area contributed by atoms with Crippen molar-refractivity contribution in [3.8, 4) is 6.07 Å². The number of urea groups is 1. The Morgan fingerprint density at radius 1 is 1.12 bits per heavy atom. The number of allylic oxidation sites excluding steroid dienone is 1. The van der Waals surface area contributed by atoms with Gasteiger partial charge in [-0.15, -0.1) is 0 Å². The number of guanidine groups is 1. The second-order valence-electron chi connectivity index (χ2n) is 13.3. The van der Waals surface area contributed by atoms with E-state index in [4.69, 9.17) is 15.2 Å². The van der Waals surface area contributed by atoms with Crippen LogP contribution in [0.15, 0.2) is 58.7 Å². The van der Waals surface area contributed by atoms with E-state index in [0.717, 1.165) is 24.1 Å². The molecule has 0 radical (unpaired) electrons. The van der Waals surface area contributed by atoms with Crippen LogP contribution in [-0.4, -0.2) is 91.7 Å². The van der Waals surface area contributed by atoms with Crippen LogP contribution in [0.5, 0.6) is 0 Å². The molecule has 3 amide bonds. The van der Waals surface area contributed by atoms with Crippen LogP contribution in [-0.2, 0) is 26.9 Å². The number of carbonyl (C=O) groups is 3. The molecule has 12 nitrogen and oxygen atoms in total. The average molecular weight is 698 g/mol. The first-order chi connectivity index (χ1) is 23.4. The molecule has 2 N–H and O–H groups in total. The monoisotopic (exact) mass is 697 g/mol. The van der Waals surface area contributed by atoms with Gasteiger partial charge >= 0.3 is 24.3 Å². The van der Waals surface area contributed by atoms with Gasteiger partial charge in [0.25, 0.3) is 0 Å². The highest BCUT2D eigenvalue weighted by Gasteiger charge is 2.45. The molecule has 2 aliphatic heterocycles. The number of nitrogens with zero attached hydrogens (tertiary/aromatic N) is 6. The molecule has 15 heteroatoms. The van der Waals surface area contributed by atoms with Crippen molar-refractivity contribution >= 4 is 29.7 Å². The summed E-state index contributed by atoms with van der Waals surface area (Å²) in [6.07, 6.45) is -4.63. The Hall–Kier alpha value is -5.10. The zero-order valence-electron chi connectivity index (χ0n) is 29.2. The lowest BCUT2D eigenvalue weighted by Crippen LogP contribution is -2.56. The Labute approximate surface area is 289 Å². The molecule has 2 aliphatic rings. The highest BCUT2D eigenvalue weighted by molar-refractivity contribution is 6.11. The minimum Gasteiger partial charge on any atom is -0.466 e. The molecule has 2 aromatic carbocycles. The van der Waals surface area contributed by atoms with E-state index in [1.807, 2.05) is 27.8 Å². The quantitative estimate of drug-likeness (QED) is 0.367. The molecule has 0 unspecified atom stereocenters. The molecule has 2 heterocycles. The van der Waals surface area contributed by atoms with E-state index in [0.29, 0.717) is 49.3 Å². The van der Waals surface area contributed by atoms with Gasteiger partial charge in [-0.2, -0.15) is 18.4 Å². The Kier molecular flexibility index (Phi) is 11.2. The summed E-state index contributed by atoms with van der Waals surface area (Å²) in [4.78, 5) is 49.5. The fraction of sp³-hybridized carbons (Fsp3) is 0.457. The number of rotatable bonds is 8. The zero-order chi connectivity index (χ0) is 37.1. The molecule has 268 valence electrons. The molecule has 1 saturated heterocycles. The van der Waals surface area contributed by atoms with Gasteiger partial charge in [0.2, 0.25) is 5.96 Å². The third-order valence-corrected chi connectivity index (χ3v) is 8.45. The van der Waals surface area contributed by atoms with Crippen molar-refractivity contribution in [2.75, 3.05) is 52.3 Å². The van der Waals surface area contributed by atoms with E-state index in [1.165, 1.54) is 31.0 Å². The number of anilines is 1. The van der Waals surface area contributed by atoms with Crippen LogP contribution in [0.2, 0.25) is 0 Å². The van der Waals surface area contributed by atoms with Crippen LogP contribution < -0.4 is 10.6 Å². The Bertz CT molecular complexity index is 1740. The number of hydrogen-bond acceptors (Lipinski definition) is 8. The van der Waals surface area contributed by atoms with Gasteiger partial charge in [-0.05, 0) is 82.6 Å².